The maximum Gasteiger partial charge on any atom is 0.229 e. The van der Waals surface area contributed by atoms with Gasteiger partial charge in [0.15, 0.2) is 11.6 Å². The molecular formula is C27H31N7O2. The molecule has 36 heavy (non-hydrogen) atoms. The van der Waals surface area contributed by atoms with Gasteiger partial charge in [0.1, 0.15) is 12.3 Å². The molecule has 1 saturated heterocycles. The van der Waals surface area contributed by atoms with E-state index in [1.165, 1.54) is 6.42 Å². The summed E-state index contributed by atoms with van der Waals surface area (Å²) in [5.74, 6) is 1.44. The molecule has 6 rings (SSSR count). The molecule has 2 fully saturated rings. The van der Waals surface area contributed by atoms with Crippen molar-refractivity contribution in [2.75, 3.05) is 25.0 Å². The minimum Gasteiger partial charge on any atom is -0.488 e. The number of amides is 1. The van der Waals surface area contributed by atoms with Gasteiger partial charge in [0.2, 0.25) is 5.91 Å². The van der Waals surface area contributed by atoms with Crippen LogP contribution in [0.5, 0.6) is 5.75 Å². The standard InChI is InChI=1S/C27H31N7O2/c1-4-33-9-8-19(33)16-36-24-15-29-32(3)26(24)18-7-10-34-20(11-18)12-25(31-34)30-27(35)22-13-21(22)23-6-5-17(2)14-28-23/h5-7,10-12,14-15,19,21-22H,4,8-9,13,16H2,1-3H3,(H,30,31,35)/t19-,21-,22+/m1/s1. The number of hydrogen-bond donors (Lipinski definition) is 1. The van der Waals surface area contributed by atoms with Crippen LogP contribution in [0.3, 0.4) is 0 Å². The number of carbonyl (C=O) groups excluding carboxylic acids is 1. The number of aromatic nitrogens is 5. The summed E-state index contributed by atoms with van der Waals surface area (Å²) >= 11 is 0. The van der Waals surface area contributed by atoms with E-state index in [0.717, 1.165) is 53.3 Å². The zero-order chi connectivity index (χ0) is 24.8. The van der Waals surface area contributed by atoms with E-state index >= 15 is 0 Å². The van der Waals surface area contributed by atoms with Crippen LogP contribution >= 0.6 is 0 Å². The molecular weight excluding hydrogens is 454 g/mol. The molecule has 1 aliphatic carbocycles. The Labute approximate surface area is 210 Å². The van der Waals surface area contributed by atoms with E-state index in [-0.39, 0.29) is 17.7 Å². The van der Waals surface area contributed by atoms with Crippen molar-refractivity contribution in [2.45, 2.75) is 38.6 Å². The van der Waals surface area contributed by atoms with E-state index in [1.54, 1.807) is 10.7 Å². The van der Waals surface area contributed by atoms with Gasteiger partial charge in [-0.05, 0) is 50.1 Å². The first-order chi connectivity index (χ1) is 17.5. The fourth-order valence-corrected chi connectivity index (χ4v) is 5.07. The van der Waals surface area contributed by atoms with Gasteiger partial charge in [-0.3, -0.25) is 19.4 Å². The Morgan fingerprint density at radius 1 is 1.22 bits per heavy atom. The number of hydrogen-bond acceptors (Lipinski definition) is 6. The van der Waals surface area contributed by atoms with Crippen molar-refractivity contribution in [1.29, 1.82) is 0 Å². The molecule has 4 aromatic heterocycles. The third-order valence-electron chi connectivity index (χ3n) is 7.44. The maximum atomic E-state index is 12.8. The van der Waals surface area contributed by atoms with Gasteiger partial charge in [-0.2, -0.15) is 10.2 Å². The highest BCUT2D eigenvalue weighted by Crippen LogP contribution is 2.47. The number of rotatable bonds is 8. The van der Waals surface area contributed by atoms with E-state index in [1.807, 2.05) is 61.4 Å². The lowest BCUT2D eigenvalue weighted by Crippen LogP contribution is -2.50. The molecule has 186 valence electrons. The van der Waals surface area contributed by atoms with Crippen molar-refractivity contribution in [1.82, 2.24) is 29.3 Å². The fourth-order valence-electron chi connectivity index (χ4n) is 5.07. The molecule has 0 unspecified atom stereocenters. The minimum absolute atomic E-state index is 0.00885. The maximum absolute atomic E-state index is 12.8. The molecule has 5 heterocycles. The summed E-state index contributed by atoms with van der Waals surface area (Å²) in [5.41, 5.74) is 4.91. The molecule has 1 saturated carbocycles. The highest BCUT2D eigenvalue weighted by Gasteiger charge is 2.45. The third-order valence-corrected chi connectivity index (χ3v) is 7.44. The molecule has 9 nitrogen and oxygen atoms in total. The van der Waals surface area contributed by atoms with Crippen molar-refractivity contribution in [2.24, 2.45) is 13.0 Å². The largest absolute Gasteiger partial charge is 0.488 e. The van der Waals surface area contributed by atoms with Gasteiger partial charge in [-0.25, -0.2) is 4.52 Å². The Balaban J connectivity index is 1.15. The quantitative estimate of drug-likeness (QED) is 0.410. The summed E-state index contributed by atoms with van der Waals surface area (Å²) in [4.78, 5) is 19.7. The second kappa shape index (κ2) is 9.05. The average molecular weight is 486 g/mol. The number of likely N-dealkylation sites (tertiary alicyclic amines) is 1. The van der Waals surface area contributed by atoms with Crippen molar-refractivity contribution in [3.63, 3.8) is 0 Å². The summed E-state index contributed by atoms with van der Waals surface area (Å²) in [5, 5.41) is 12.0. The monoisotopic (exact) mass is 485 g/mol. The number of nitrogens with zero attached hydrogens (tertiary/aromatic N) is 6. The summed E-state index contributed by atoms with van der Waals surface area (Å²) in [7, 11) is 1.92. The normalized spacial score (nSPS) is 21.4. The molecule has 2 aliphatic rings. The second-order valence-corrected chi connectivity index (χ2v) is 9.88. The van der Waals surface area contributed by atoms with Crippen molar-refractivity contribution < 1.29 is 9.53 Å². The lowest BCUT2D eigenvalue weighted by atomic mass is 10.0. The highest BCUT2D eigenvalue weighted by atomic mass is 16.5. The first-order valence-corrected chi connectivity index (χ1v) is 12.6. The minimum atomic E-state index is -0.0611. The molecule has 0 aromatic carbocycles. The lowest BCUT2D eigenvalue weighted by molar-refractivity contribution is -0.117. The molecule has 0 spiro atoms. The van der Waals surface area contributed by atoms with Crippen molar-refractivity contribution >= 4 is 17.2 Å². The van der Waals surface area contributed by atoms with Crippen LogP contribution in [0.4, 0.5) is 5.82 Å². The Kier molecular flexibility index (Phi) is 5.72. The molecule has 1 N–H and O–H groups in total. The van der Waals surface area contributed by atoms with Gasteiger partial charge in [0.05, 0.1) is 11.7 Å². The number of fused-ring (bicyclic) bond motifs is 1. The van der Waals surface area contributed by atoms with Gasteiger partial charge >= 0.3 is 0 Å². The Bertz CT molecular complexity index is 1410. The summed E-state index contributed by atoms with van der Waals surface area (Å²) in [6.45, 7) is 7.06. The number of nitrogens with one attached hydrogen (secondary N) is 1. The number of aryl methyl sites for hydroxylation is 2. The van der Waals surface area contributed by atoms with E-state index in [4.69, 9.17) is 4.74 Å². The number of likely N-dealkylation sites (N-methyl/N-ethyl adjacent to an activating group) is 1. The smallest absolute Gasteiger partial charge is 0.229 e. The number of carbonyl (C=O) groups is 1. The van der Waals surface area contributed by atoms with Gasteiger partial charge < -0.3 is 10.1 Å². The van der Waals surface area contributed by atoms with Crippen LogP contribution in [0, 0.1) is 12.8 Å². The van der Waals surface area contributed by atoms with Gasteiger partial charge in [-0.1, -0.05) is 13.0 Å². The molecule has 0 radical (unpaired) electrons. The Morgan fingerprint density at radius 3 is 2.86 bits per heavy atom. The van der Waals surface area contributed by atoms with Crippen LogP contribution in [0.2, 0.25) is 0 Å². The molecule has 1 amide bonds. The summed E-state index contributed by atoms with van der Waals surface area (Å²) < 4.78 is 9.81. The number of anilines is 1. The Morgan fingerprint density at radius 2 is 2.11 bits per heavy atom. The molecule has 0 bridgehead atoms. The highest BCUT2D eigenvalue weighted by molar-refractivity contribution is 5.95. The average Bonchev–Trinajstić information content (AvgIpc) is 3.43. The predicted molar refractivity (Wildman–Crippen MR) is 137 cm³/mol. The van der Waals surface area contributed by atoms with E-state index in [2.05, 4.69) is 32.3 Å². The van der Waals surface area contributed by atoms with Crippen LogP contribution in [-0.2, 0) is 11.8 Å². The number of pyridine rings is 2. The zero-order valence-electron chi connectivity index (χ0n) is 20.9. The van der Waals surface area contributed by atoms with Gasteiger partial charge in [0, 0.05) is 61.2 Å². The second-order valence-electron chi connectivity index (χ2n) is 9.88. The van der Waals surface area contributed by atoms with Gasteiger partial charge in [0.25, 0.3) is 0 Å². The number of ether oxygens (including phenoxy) is 1. The van der Waals surface area contributed by atoms with Crippen molar-refractivity contribution in [3.8, 4) is 17.0 Å². The third kappa shape index (κ3) is 4.24. The molecule has 9 heteroatoms. The lowest BCUT2D eigenvalue weighted by Gasteiger charge is -2.39. The first-order valence-electron chi connectivity index (χ1n) is 12.6. The van der Waals surface area contributed by atoms with E-state index < -0.39 is 0 Å². The van der Waals surface area contributed by atoms with Crippen LogP contribution in [0.25, 0.3) is 16.8 Å². The van der Waals surface area contributed by atoms with Crippen molar-refractivity contribution in [3.05, 3.63) is 60.2 Å². The molecule has 4 aromatic rings. The van der Waals surface area contributed by atoms with Crippen LogP contribution in [0.15, 0.2) is 48.9 Å². The molecule has 1 aliphatic heterocycles. The summed E-state index contributed by atoms with van der Waals surface area (Å²) in [6, 6.07) is 10.5. The van der Waals surface area contributed by atoms with Gasteiger partial charge in [-0.15, -0.1) is 0 Å². The zero-order valence-corrected chi connectivity index (χ0v) is 20.9. The first kappa shape index (κ1) is 22.7. The van der Waals surface area contributed by atoms with Crippen LogP contribution in [0.1, 0.15) is 36.9 Å². The van der Waals surface area contributed by atoms with E-state index in [9.17, 15) is 4.79 Å². The molecule has 3 atom stereocenters. The predicted octanol–water partition coefficient (Wildman–Crippen LogP) is 3.65. The van der Waals surface area contributed by atoms with Crippen LogP contribution in [-0.4, -0.2) is 60.9 Å². The topological polar surface area (TPSA) is 89.6 Å². The SMILES string of the molecule is CCN1CC[C@@H]1COc1cnn(C)c1-c1ccn2nc(NC(=O)[C@H]3C[C@H]3c3ccc(C)cn3)cc2c1. The van der Waals surface area contributed by atoms with Crippen LogP contribution < -0.4 is 10.1 Å². The fraction of sp³-hybridized carbons (Fsp3) is 0.407. The van der Waals surface area contributed by atoms with E-state index in [0.29, 0.717) is 18.5 Å². The Hall–Kier alpha value is -3.72. The summed E-state index contributed by atoms with van der Waals surface area (Å²) in [6.07, 6.45) is 7.53.